The summed E-state index contributed by atoms with van der Waals surface area (Å²) in [5, 5.41) is 0.628. The summed E-state index contributed by atoms with van der Waals surface area (Å²) in [5.41, 5.74) is 0.825. The van der Waals surface area contributed by atoms with Gasteiger partial charge in [0.25, 0.3) is 5.56 Å². The van der Waals surface area contributed by atoms with Gasteiger partial charge in [-0.05, 0) is 18.9 Å². The van der Waals surface area contributed by atoms with E-state index in [1.165, 1.54) is 0 Å². The predicted octanol–water partition coefficient (Wildman–Crippen LogP) is 1.13. The molecule has 0 fully saturated rings. The van der Waals surface area contributed by atoms with Crippen LogP contribution in [0.2, 0.25) is 0 Å². The highest BCUT2D eigenvalue weighted by Gasteiger charge is 2.13. The van der Waals surface area contributed by atoms with Crippen molar-refractivity contribution in [1.29, 1.82) is 0 Å². The van der Waals surface area contributed by atoms with Crippen LogP contribution in [0.5, 0.6) is 0 Å². The number of rotatable bonds is 0. The summed E-state index contributed by atoms with van der Waals surface area (Å²) in [4.78, 5) is 20.5. The van der Waals surface area contributed by atoms with Gasteiger partial charge in [-0.1, -0.05) is 0 Å². The average Bonchev–Trinajstić information content (AvgIpc) is 2.30. The van der Waals surface area contributed by atoms with Gasteiger partial charge < -0.3 is 0 Å². The van der Waals surface area contributed by atoms with Crippen molar-refractivity contribution in [3.05, 3.63) is 34.6 Å². The Labute approximate surface area is 86.6 Å². The average molecular weight is 201 g/mol. The fourth-order valence-corrected chi connectivity index (χ4v) is 2.09. The van der Waals surface area contributed by atoms with Crippen LogP contribution in [-0.4, -0.2) is 14.5 Å². The zero-order chi connectivity index (χ0) is 10.3. The number of aryl methyl sites for hydroxylation is 1. The molecule has 0 N–H and O–H groups in total. The summed E-state index contributed by atoms with van der Waals surface area (Å²) >= 11 is 0. The van der Waals surface area contributed by atoms with E-state index in [0.717, 1.165) is 37.1 Å². The molecule has 0 radical (unpaired) electrons. The lowest BCUT2D eigenvalue weighted by atomic mass is 10.1. The molecular formula is C11H11N3O. The minimum Gasteiger partial charge on any atom is -0.296 e. The van der Waals surface area contributed by atoms with Crippen molar-refractivity contribution in [2.24, 2.45) is 0 Å². The molecule has 4 heteroatoms. The summed E-state index contributed by atoms with van der Waals surface area (Å²) < 4.78 is 1.79. The van der Waals surface area contributed by atoms with E-state index >= 15 is 0 Å². The molecule has 4 nitrogen and oxygen atoms in total. The van der Waals surface area contributed by atoms with Gasteiger partial charge in [0.05, 0.1) is 10.9 Å². The Morgan fingerprint density at radius 2 is 2.27 bits per heavy atom. The number of hydrogen-bond acceptors (Lipinski definition) is 3. The summed E-state index contributed by atoms with van der Waals surface area (Å²) in [6, 6.07) is 1.80. The second-order valence-corrected chi connectivity index (χ2v) is 3.83. The Morgan fingerprint density at radius 1 is 1.33 bits per heavy atom. The molecule has 0 saturated heterocycles. The van der Waals surface area contributed by atoms with E-state index in [4.69, 9.17) is 0 Å². The first-order chi connectivity index (χ1) is 7.36. The fourth-order valence-electron chi connectivity index (χ4n) is 2.09. The van der Waals surface area contributed by atoms with Gasteiger partial charge in [-0.3, -0.25) is 14.3 Å². The van der Waals surface area contributed by atoms with Crippen molar-refractivity contribution in [1.82, 2.24) is 14.5 Å². The summed E-state index contributed by atoms with van der Waals surface area (Å²) in [6.45, 7) is 0.798. The number of fused-ring (bicyclic) bond motifs is 2. The molecule has 0 spiro atoms. The van der Waals surface area contributed by atoms with Gasteiger partial charge in [0, 0.05) is 25.4 Å². The van der Waals surface area contributed by atoms with Gasteiger partial charge in [0.1, 0.15) is 5.82 Å². The van der Waals surface area contributed by atoms with Gasteiger partial charge in [0.15, 0.2) is 0 Å². The van der Waals surface area contributed by atoms with Crippen LogP contribution in [0, 0.1) is 0 Å². The highest BCUT2D eigenvalue weighted by molar-refractivity contribution is 5.76. The van der Waals surface area contributed by atoms with Gasteiger partial charge in [-0.2, -0.15) is 0 Å². The van der Waals surface area contributed by atoms with Gasteiger partial charge >= 0.3 is 0 Å². The van der Waals surface area contributed by atoms with E-state index in [9.17, 15) is 4.79 Å². The zero-order valence-electron chi connectivity index (χ0n) is 8.31. The van der Waals surface area contributed by atoms with Gasteiger partial charge in [0.2, 0.25) is 0 Å². The molecule has 2 aromatic rings. The highest BCUT2D eigenvalue weighted by Crippen LogP contribution is 2.13. The first-order valence-electron chi connectivity index (χ1n) is 5.20. The molecule has 1 aliphatic rings. The van der Waals surface area contributed by atoms with Crippen molar-refractivity contribution in [2.45, 2.75) is 25.8 Å². The van der Waals surface area contributed by atoms with Crippen molar-refractivity contribution < 1.29 is 0 Å². The van der Waals surface area contributed by atoms with E-state index in [0.29, 0.717) is 5.39 Å². The van der Waals surface area contributed by atoms with E-state index in [1.54, 1.807) is 23.0 Å². The standard InChI is InChI=1S/C11H11N3O/c15-11-8-7-12-5-4-9(8)13-10-3-1-2-6-14(10)11/h4-5,7H,1-3,6H2. The normalized spacial score (nSPS) is 15.2. The zero-order valence-corrected chi connectivity index (χ0v) is 8.31. The fraction of sp³-hybridized carbons (Fsp3) is 0.364. The lowest BCUT2D eigenvalue weighted by Crippen LogP contribution is -2.28. The molecular weight excluding hydrogens is 190 g/mol. The molecule has 76 valence electrons. The van der Waals surface area contributed by atoms with Crippen LogP contribution in [0.3, 0.4) is 0 Å². The van der Waals surface area contributed by atoms with Crippen molar-refractivity contribution in [2.75, 3.05) is 0 Å². The molecule has 2 aromatic heterocycles. The maximum Gasteiger partial charge on any atom is 0.262 e. The van der Waals surface area contributed by atoms with Crippen LogP contribution in [-0.2, 0) is 13.0 Å². The van der Waals surface area contributed by atoms with Crippen molar-refractivity contribution >= 4 is 10.9 Å². The van der Waals surface area contributed by atoms with Crippen molar-refractivity contribution in [3.8, 4) is 0 Å². The van der Waals surface area contributed by atoms with E-state index in [2.05, 4.69) is 9.97 Å². The number of pyridine rings is 1. The molecule has 0 bridgehead atoms. The quantitative estimate of drug-likeness (QED) is 0.642. The van der Waals surface area contributed by atoms with Gasteiger partial charge in [-0.25, -0.2) is 4.98 Å². The predicted molar refractivity (Wildman–Crippen MR) is 56.7 cm³/mol. The van der Waals surface area contributed by atoms with Crippen molar-refractivity contribution in [3.63, 3.8) is 0 Å². The monoisotopic (exact) mass is 201 g/mol. The second kappa shape index (κ2) is 3.15. The van der Waals surface area contributed by atoms with Crippen LogP contribution in [0.25, 0.3) is 10.9 Å². The first kappa shape index (κ1) is 8.59. The SMILES string of the molecule is O=c1c2cnccc2nc2n1CCCC2. The number of hydrogen-bond donors (Lipinski definition) is 0. The second-order valence-electron chi connectivity index (χ2n) is 3.83. The summed E-state index contributed by atoms with van der Waals surface area (Å²) in [6.07, 6.45) is 6.39. The molecule has 15 heavy (non-hydrogen) atoms. The molecule has 0 aliphatic carbocycles. The third-order valence-corrected chi connectivity index (χ3v) is 2.87. The molecule has 3 heterocycles. The molecule has 0 amide bonds. The van der Waals surface area contributed by atoms with Crippen LogP contribution < -0.4 is 5.56 Å². The van der Waals surface area contributed by atoms with Crippen LogP contribution in [0.15, 0.2) is 23.3 Å². The maximum absolute atomic E-state index is 12.1. The number of aromatic nitrogens is 3. The van der Waals surface area contributed by atoms with E-state index in [-0.39, 0.29) is 5.56 Å². The minimum absolute atomic E-state index is 0.0581. The lowest BCUT2D eigenvalue weighted by Gasteiger charge is -2.17. The smallest absolute Gasteiger partial charge is 0.262 e. The molecule has 1 aliphatic heterocycles. The third-order valence-electron chi connectivity index (χ3n) is 2.87. The Hall–Kier alpha value is -1.71. The lowest BCUT2D eigenvalue weighted by molar-refractivity contribution is 0.501. The largest absolute Gasteiger partial charge is 0.296 e. The van der Waals surface area contributed by atoms with E-state index < -0.39 is 0 Å². The van der Waals surface area contributed by atoms with Crippen LogP contribution >= 0.6 is 0 Å². The maximum atomic E-state index is 12.1. The summed E-state index contributed by atoms with van der Waals surface area (Å²) in [5.74, 6) is 0.921. The van der Waals surface area contributed by atoms with Gasteiger partial charge in [-0.15, -0.1) is 0 Å². The molecule has 0 saturated carbocycles. The Bertz CT molecular complexity index is 574. The number of nitrogens with zero attached hydrogens (tertiary/aromatic N) is 3. The Morgan fingerprint density at radius 3 is 3.20 bits per heavy atom. The Kier molecular flexibility index (Phi) is 1.80. The van der Waals surface area contributed by atoms with Crippen LogP contribution in [0.1, 0.15) is 18.7 Å². The summed E-state index contributed by atoms with van der Waals surface area (Å²) in [7, 11) is 0. The first-order valence-corrected chi connectivity index (χ1v) is 5.20. The highest BCUT2D eigenvalue weighted by atomic mass is 16.1. The Balaban J connectivity index is 2.41. The third kappa shape index (κ3) is 1.25. The molecule has 0 atom stereocenters. The topological polar surface area (TPSA) is 47.8 Å². The molecule has 0 unspecified atom stereocenters. The van der Waals surface area contributed by atoms with Crippen LogP contribution in [0.4, 0.5) is 0 Å². The van der Waals surface area contributed by atoms with E-state index in [1.807, 2.05) is 0 Å². The molecule has 3 rings (SSSR count). The minimum atomic E-state index is 0.0581. The molecule has 0 aromatic carbocycles.